The Hall–Kier alpha value is -3.64. The number of nitrogens with zero attached hydrogens (tertiary/aromatic N) is 2. The fourth-order valence-corrected chi connectivity index (χ4v) is 8.06. The van der Waals surface area contributed by atoms with Crippen molar-refractivity contribution in [2.45, 2.75) is 120 Å². The first-order valence-corrected chi connectivity index (χ1v) is 22.9. The number of rotatable bonds is 9. The molecule has 0 aliphatic heterocycles. The average Bonchev–Trinajstić information content (AvgIpc) is 3.51. The summed E-state index contributed by atoms with van der Waals surface area (Å²) in [6.45, 7) is 27.9. The van der Waals surface area contributed by atoms with E-state index in [4.69, 9.17) is 14.4 Å². The standard InChI is InChI=1S/C32H31N2OSi.C15H28O2.Ir/c1-19-33-29(22-16-20-10-8-9-11-24(20)27(18-22)32(2,3)4)28-26-14-12-21-17-23(36(5,6)7)13-15-25(21)30(26)35-31(28)34-19;1-7-14(5,8-2)12(16)11-13(17)15(6,9-3)10-4;/h8-15,17-18H,1-7H3;11,16H,7-10H2,1-6H3;/q-1;;/b;12-11-;. The second-order valence-electron chi connectivity index (χ2n) is 17.4. The van der Waals surface area contributed by atoms with Crippen LogP contribution in [-0.4, -0.2) is 28.9 Å². The molecule has 289 valence electrons. The van der Waals surface area contributed by atoms with Crippen molar-refractivity contribution in [3.63, 3.8) is 0 Å². The summed E-state index contributed by atoms with van der Waals surface area (Å²) in [7, 11) is -1.41. The Morgan fingerprint density at radius 1 is 0.815 bits per heavy atom. The van der Waals surface area contributed by atoms with Gasteiger partial charge >= 0.3 is 0 Å². The Morgan fingerprint density at radius 2 is 1.43 bits per heavy atom. The second-order valence-corrected chi connectivity index (χ2v) is 22.4. The van der Waals surface area contributed by atoms with Gasteiger partial charge in [-0.2, -0.15) is 4.98 Å². The zero-order valence-corrected chi connectivity index (χ0v) is 38.1. The third kappa shape index (κ3) is 8.44. The van der Waals surface area contributed by atoms with E-state index in [1.54, 1.807) is 0 Å². The van der Waals surface area contributed by atoms with Gasteiger partial charge in [-0.3, -0.25) is 9.78 Å². The molecule has 0 spiro atoms. The molecule has 0 aliphatic rings. The SMILES string of the molecule is CCC(C)(CC)C(=O)/C=C(\O)C(C)(CC)CC.Cc1nc(-c2[c-]c3ccccc3c(C(C)(C)C)c2)c2c(n1)oc1c3ccc([Si](C)(C)C)cc3ccc12.[Ir]. The minimum absolute atomic E-state index is 0. The van der Waals surface area contributed by atoms with Crippen LogP contribution in [0.2, 0.25) is 19.6 Å². The number of aryl methyl sites for hydroxylation is 1. The largest absolute Gasteiger partial charge is 0.512 e. The summed E-state index contributed by atoms with van der Waals surface area (Å²) in [5.41, 5.74) is 4.03. The van der Waals surface area contributed by atoms with Gasteiger partial charge in [0, 0.05) is 58.9 Å². The van der Waals surface area contributed by atoms with Gasteiger partial charge in [0.2, 0.25) is 5.71 Å². The van der Waals surface area contributed by atoms with Crippen LogP contribution in [0.4, 0.5) is 0 Å². The van der Waals surface area contributed by atoms with Crippen molar-refractivity contribution in [1.82, 2.24) is 9.97 Å². The van der Waals surface area contributed by atoms with E-state index in [0.717, 1.165) is 64.1 Å². The summed E-state index contributed by atoms with van der Waals surface area (Å²) in [5, 5.41) is 18.2. The molecule has 0 saturated heterocycles. The molecule has 0 bridgehead atoms. The summed E-state index contributed by atoms with van der Waals surface area (Å²) in [5.74, 6) is 0.981. The van der Waals surface area contributed by atoms with E-state index in [0.29, 0.717) is 11.5 Å². The maximum atomic E-state index is 12.2. The van der Waals surface area contributed by atoms with E-state index in [9.17, 15) is 9.90 Å². The molecule has 6 rings (SSSR count). The van der Waals surface area contributed by atoms with Crippen molar-refractivity contribution in [2.24, 2.45) is 10.8 Å². The van der Waals surface area contributed by atoms with Crippen LogP contribution in [0, 0.1) is 23.8 Å². The number of carbonyl (C=O) groups is 1. The number of benzene rings is 4. The fraction of sp³-hybridized carbons (Fsp3) is 0.426. The molecule has 0 saturated carbocycles. The number of carbonyl (C=O) groups excluding carboxylic acids is 1. The van der Waals surface area contributed by atoms with Gasteiger partial charge in [-0.15, -0.1) is 29.1 Å². The van der Waals surface area contributed by atoms with Crippen LogP contribution in [0.15, 0.2) is 76.9 Å². The predicted octanol–water partition coefficient (Wildman–Crippen LogP) is 12.9. The molecule has 7 heteroatoms. The number of hydrogen-bond acceptors (Lipinski definition) is 5. The summed E-state index contributed by atoms with van der Waals surface area (Å²) in [4.78, 5) is 21.8. The number of aliphatic hydroxyl groups is 1. The molecular formula is C47H59IrN2O3Si-. The molecule has 0 atom stereocenters. The Balaban J connectivity index is 0.000000309. The Bertz CT molecular complexity index is 2330. The van der Waals surface area contributed by atoms with Gasteiger partial charge in [-0.1, -0.05) is 147 Å². The molecule has 4 aromatic carbocycles. The third-order valence-corrected chi connectivity index (χ3v) is 13.8. The minimum Gasteiger partial charge on any atom is -0.512 e. The number of fused-ring (bicyclic) bond motifs is 6. The van der Waals surface area contributed by atoms with Crippen LogP contribution in [0.25, 0.3) is 54.9 Å². The minimum atomic E-state index is -1.41. The molecule has 1 radical (unpaired) electrons. The molecular weight excluding hydrogens is 861 g/mol. The molecule has 0 amide bonds. The normalized spacial score (nSPS) is 12.9. The number of furan rings is 1. The molecule has 2 heterocycles. The van der Waals surface area contributed by atoms with E-state index >= 15 is 0 Å². The van der Waals surface area contributed by atoms with Gasteiger partial charge in [-0.25, -0.2) is 0 Å². The van der Waals surface area contributed by atoms with Gasteiger partial charge in [0.15, 0.2) is 5.78 Å². The van der Waals surface area contributed by atoms with E-state index in [1.165, 1.54) is 27.6 Å². The molecule has 0 aliphatic carbocycles. The average molecular weight is 920 g/mol. The summed E-state index contributed by atoms with van der Waals surface area (Å²) in [6.07, 6.45) is 4.75. The van der Waals surface area contributed by atoms with Gasteiger partial charge in [0.05, 0.1) is 8.07 Å². The molecule has 6 aromatic rings. The van der Waals surface area contributed by atoms with Crippen molar-refractivity contribution < 1.29 is 34.4 Å². The van der Waals surface area contributed by atoms with E-state index in [-0.39, 0.29) is 47.9 Å². The van der Waals surface area contributed by atoms with Crippen molar-refractivity contribution in [2.75, 3.05) is 0 Å². The summed E-state index contributed by atoms with van der Waals surface area (Å²) < 4.78 is 6.47. The Labute approximate surface area is 337 Å². The monoisotopic (exact) mass is 920 g/mol. The third-order valence-electron chi connectivity index (χ3n) is 11.7. The zero-order valence-electron chi connectivity index (χ0n) is 34.7. The molecule has 2 aromatic heterocycles. The van der Waals surface area contributed by atoms with Crippen molar-refractivity contribution >= 4 is 62.7 Å². The number of aromatic nitrogens is 2. The first-order chi connectivity index (χ1) is 24.8. The maximum Gasteiger partial charge on any atom is 0.223 e. The van der Waals surface area contributed by atoms with Gasteiger partial charge in [0.1, 0.15) is 17.2 Å². The number of hydrogen-bond donors (Lipinski definition) is 1. The van der Waals surface area contributed by atoms with Crippen LogP contribution in [0.1, 0.15) is 99.4 Å². The van der Waals surface area contributed by atoms with Crippen LogP contribution in [0.3, 0.4) is 0 Å². The predicted molar refractivity (Wildman–Crippen MR) is 228 cm³/mol. The van der Waals surface area contributed by atoms with Crippen LogP contribution in [0.5, 0.6) is 0 Å². The molecule has 54 heavy (non-hydrogen) atoms. The quantitative estimate of drug-likeness (QED) is 0.0677. The fourth-order valence-electron chi connectivity index (χ4n) is 6.89. The van der Waals surface area contributed by atoms with Crippen molar-refractivity contribution in [3.8, 4) is 11.3 Å². The molecule has 0 unspecified atom stereocenters. The maximum absolute atomic E-state index is 12.2. The second kappa shape index (κ2) is 16.2. The summed E-state index contributed by atoms with van der Waals surface area (Å²) >= 11 is 0. The van der Waals surface area contributed by atoms with E-state index in [1.807, 2.05) is 48.5 Å². The first kappa shape index (κ1) is 43.1. The summed E-state index contributed by atoms with van der Waals surface area (Å²) in [6, 6.07) is 25.6. The van der Waals surface area contributed by atoms with Gasteiger partial charge in [0.25, 0.3) is 0 Å². The number of allylic oxidation sites excluding steroid dienone is 2. The van der Waals surface area contributed by atoms with E-state index in [2.05, 4.69) is 107 Å². The van der Waals surface area contributed by atoms with E-state index < -0.39 is 8.07 Å². The first-order valence-electron chi connectivity index (χ1n) is 19.4. The van der Waals surface area contributed by atoms with Crippen molar-refractivity contribution in [1.29, 1.82) is 0 Å². The van der Waals surface area contributed by atoms with Crippen molar-refractivity contribution in [3.05, 3.63) is 90.0 Å². The zero-order chi connectivity index (χ0) is 39.1. The van der Waals surface area contributed by atoms with Gasteiger partial charge < -0.3 is 9.52 Å². The van der Waals surface area contributed by atoms with Gasteiger partial charge in [-0.05, 0) is 43.4 Å². The van der Waals surface area contributed by atoms with Crippen LogP contribution in [-0.2, 0) is 30.3 Å². The Kier molecular flexibility index (Phi) is 12.9. The Morgan fingerprint density at radius 3 is 2.02 bits per heavy atom. The smallest absolute Gasteiger partial charge is 0.223 e. The molecule has 0 fully saturated rings. The number of ketones is 1. The number of aliphatic hydroxyl groups excluding tert-OH is 1. The molecule has 1 N–H and O–H groups in total. The topological polar surface area (TPSA) is 76.2 Å². The molecule has 5 nitrogen and oxygen atoms in total. The van der Waals surface area contributed by atoms with Crippen LogP contribution < -0.4 is 5.19 Å². The van der Waals surface area contributed by atoms with Crippen LogP contribution >= 0.6 is 0 Å².